The molecule has 19 heavy (non-hydrogen) atoms. The number of ether oxygens (including phenoxy) is 1. The van der Waals surface area contributed by atoms with Gasteiger partial charge in [0.1, 0.15) is 0 Å². The van der Waals surface area contributed by atoms with Gasteiger partial charge in [0.25, 0.3) is 0 Å². The zero-order chi connectivity index (χ0) is 14.0. The monoisotopic (exact) mass is 266 g/mol. The predicted molar refractivity (Wildman–Crippen MR) is 77.5 cm³/mol. The minimum absolute atomic E-state index is 0.270. The van der Waals surface area contributed by atoms with E-state index in [1.165, 1.54) is 13.2 Å². The summed E-state index contributed by atoms with van der Waals surface area (Å²) in [6.45, 7) is 7.56. The molecule has 106 valence electrons. The van der Waals surface area contributed by atoms with Gasteiger partial charge in [-0.15, -0.1) is 0 Å². The van der Waals surface area contributed by atoms with Gasteiger partial charge in [-0.1, -0.05) is 20.8 Å². The minimum atomic E-state index is -0.329. The van der Waals surface area contributed by atoms with Crippen LogP contribution in [-0.2, 0) is 0 Å². The second-order valence-corrected chi connectivity index (χ2v) is 6.35. The third kappa shape index (κ3) is 3.52. The zero-order valence-corrected chi connectivity index (χ0v) is 12.1. The topological polar surface area (TPSA) is 33.3 Å². The molecule has 0 saturated heterocycles. The Balaban J connectivity index is 2.23. The number of rotatable bonds is 2. The van der Waals surface area contributed by atoms with Gasteiger partial charge in [-0.3, -0.25) is 0 Å². The molecule has 2 rings (SSSR count). The fraction of sp³-hybridized carbons (Fsp3) is 0.600. The summed E-state index contributed by atoms with van der Waals surface area (Å²) in [5.74, 6) is -0.0470. The van der Waals surface area contributed by atoms with Crippen molar-refractivity contribution in [3.8, 4) is 5.75 Å². The number of anilines is 2. The molecular formula is C15H23FN2O. The summed E-state index contributed by atoms with van der Waals surface area (Å²) >= 11 is 0. The number of fused-ring (bicyclic) bond motifs is 1. The molecule has 1 unspecified atom stereocenters. The van der Waals surface area contributed by atoms with Crippen LogP contribution in [0, 0.1) is 11.2 Å². The van der Waals surface area contributed by atoms with E-state index in [1.807, 2.05) is 0 Å². The normalized spacial score (nSPS) is 18.9. The Kier molecular flexibility index (Phi) is 3.88. The smallest absolute Gasteiger partial charge is 0.167 e. The summed E-state index contributed by atoms with van der Waals surface area (Å²) in [5.41, 5.74) is 2.01. The molecule has 0 saturated carbocycles. The molecule has 1 atom stereocenters. The van der Waals surface area contributed by atoms with Crippen LogP contribution in [0.2, 0.25) is 0 Å². The molecule has 0 amide bonds. The van der Waals surface area contributed by atoms with E-state index in [-0.39, 0.29) is 17.0 Å². The Morgan fingerprint density at radius 3 is 2.68 bits per heavy atom. The first-order chi connectivity index (χ1) is 8.89. The number of methoxy groups -OCH3 is 1. The highest BCUT2D eigenvalue weighted by Gasteiger charge is 2.22. The van der Waals surface area contributed by atoms with Gasteiger partial charge < -0.3 is 15.4 Å². The van der Waals surface area contributed by atoms with Gasteiger partial charge in [-0.2, -0.15) is 0 Å². The van der Waals surface area contributed by atoms with Gasteiger partial charge in [0.05, 0.1) is 18.5 Å². The van der Waals surface area contributed by atoms with Crippen LogP contribution in [-0.4, -0.2) is 19.7 Å². The molecule has 4 heteroatoms. The van der Waals surface area contributed by atoms with Crippen molar-refractivity contribution in [3.05, 3.63) is 17.9 Å². The second kappa shape index (κ2) is 5.27. The second-order valence-electron chi connectivity index (χ2n) is 6.35. The van der Waals surface area contributed by atoms with E-state index in [2.05, 4.69) is 31.4 Å². The summed E-state index contributed by atoms with van der Waals surface area (Å²) in [7, 11) is 1.49. The molecule has 0 radical (unpaired) electrons. The van der Waals surface area contributed by atoms with Crippen molar-refractivity contribution in [2.45, 2.75) is 39.7 Å². The van der Waals surface area contributed by atoms with Crippen LogP contribution in [0.1, 0.15) is 33.6 Å². The summed E-state index contributed by atoms with van der Waals surface area (Å²) in [6, 6.07) is 3.63. The molecule has 0 bridgehead atoms. The van der Waals surface area contributed by atoms with Gasteiger partial charge >= 0.3 is 0 Å². The lowest BCUT2D eigenvalue weighted by Crippen LogP contribution is -2.25. The van der Waals surface area contributed by atoms with Crippen molar-refractivity contribution in [2.75, 3.05) is 24.3 Å². The summed E-state index contributed by atoms with van der Waals surface area (Å²) in [4.78, 5) is 0. The van der Waals surface area contributed by atoms with E-state index in [4.69, 9.17) is 4.74 Å². The molecule has 1 heterocycles. The third-order valence-corrected chi connectivity index (χ3v) is 3.32. The van der Waals surface area contributed by atoms with Crippen molar-refractivity contribution < 1.29 is 9.13 Å². The van der Waals surface area contributed by atoms with Crippen LogP contribution in [0.3, 0.4) is 0 Å². The lowest BCUT2D eigenvalue weighted by atomic mass is 9.87. The maximum absolute atomic E-state index is 13.7. The molecule has 2 N–H and O–H groups in total. The van der Waals surface area contributed by atoms with Crippen LogP contribution >= 0.6 is 0 Å². The fourth-order valence-electron chi connectivity index (χ4n) is 2.54. The van der Waals surface area contributed by atoms with Gasteiger partial charge in [0.15, 0.2) is 11.6 Å². The molecule has 3 nitrogen and oxygen atoms in total. The highest BCUT2D eigenvalue weighted by atomic mass is 19.1. The lowest BCUT2D eigenvalue weighted by molar-refractivity contribution is 0.345. The number of hydrogen-bond acceptors (Lipinski definition) is 3. The highest BCUT2D eigenvalue weighted by molar-refractivity contribution is 5.72. The summed E-state index contributed by atoms with van der Waals surface area (Å²) < 4.78 is 18.7. The summed E-state index contributed by atoms with van der Waals surface area (Å²) in [6.07, 6.45) is 2.10. The van der Waals surface area contributed by atoms with E-state index in [1.54, 1.807) is 6.07 Å². The van der Waals surface area contributed by atoms with Crippen molar-refractivity contribution in [1.29, 1.82) is 0 Å². The number of nitrogens with one attached hydrogen (secondary N) is 2. The fourth-order valence-corrected chi connectivity index (χ4v) is 2.54. The van der Waals surface area contributed by atoms with Crippen LogP contribution < -0.4 is 15.4 Å². The Morgan fingerprint density at radius 2 is 2.05 bits per heavy atom. The quantitative estimate of drug-likeness (QED) is 0.852. The molecule has 1 aromatic carbocycles. The largest absolute Gasteiger partial charge is 0.494 e. The van der Waals surface area contributed by atoms with E-state index < -0.39 is 0 Å². The molecule has 0 aromatic heterocycles. The Labute approximate surface area is 114 Å². The van der Waals surface area contributed by atoms with Crippen LogP contribution in [0.15, 0.2) is 12.1 Å². The SMILES string of the molecule is COc1cc2c(cc1F)NCCC(CC(C)(C)C)N2. The summed E-state index contributed by atoms with van der Waals surface area (Å²) in [5, 5.41) is 6.78. The van der Waals surface area contributed by atoms with Gasteiger partial charge in [0.2, 0.25) is 0 Å². The highest BCUT2D eigenvalue weighted by Crippen LogP contribution is 2.34. The first kappa shape index (κ1) is 14.0. The average molecular weight is 266 g/mol. The molecular weight excluding hydrogens is 243 g/mol. The minimum Gasteiger partial charge on any atom is -0.494 e. The van der Waals surface area contributed by atoms with Gasteiger partial charge in [-0.25, -0.2) is 4.39 Å². The number of benzene rings is 1. The maximum atomic E-state index is 13.7. The Hall–Kier alpha value is -1.45. The van der Waals surface area contributed by atoms with Crippen molar-refractivity contribution in [1.82, 2.24) is 0 Å². The number of halogens is 1. The Bertz CT molecular complexity index is 454. The van der Waals surface area contributed by atoms with Gasteiger partial charge in [-0.05, 0) is 18.3 Å². The number of hydrogen-bond donors (Lipinski definition) is 2. The van der Waals surface area contributed by atoms with Crippen molar-refractivity contribution in [2.24, 2.45) is 5.41 Å². The standard InChI is InChI=1S/C15H23FN2O/c1-15(2,3)9-10-5-6-17-12-7-11(16)14(19-4)8-13(12)18-10/h7-8,10,17-18H,5-6,9H2,1-4H3. The first-order valence-electron chi connectivity index (χ1n) is 6.77. The Morgan fingerprint density at radius 1 is 1.32 bits per heavy atom. The van der Waals surface area contributed by atoms with E-state index in [0.717, 1.165) is 30.8 Å². The van der Waals surface area contributed by atoms with E-state index >= 15 is 0 Å². The van der Waals surface area contributed by atoms with Crippen LogP contribution in [0.5, 0.6) is 5.75 Å². The molecule has 1 aromatic rings. The van der Waals surface area contributed by atoms with Crippen molar-refractivity contribution in [3.63, 3.8) is 0 Å². The zero-order valence-electron chi connectivity index (χ0n) is 12.1. The van der Waals surface area contributed by atoms with Crippen molar-refractivity contribution >= 4 is 11.4 Å². The van der Waals surface area contributed by atoms with Gasteiger partial charge in [0, 0.05) is 24.7 Å². The third-order valence-electron chi connectivity index (χ3n) is 3.32. The molecule has 0 fully saturated rings. The predicted octanol–water partition coefficient (Wildman–Crippen LogP) is 3.87. The molecule has 1 aliphatic heterocycles. The lowest BCUT2D eigenvalue weighted by Gasteiger charge is -2.26. The van der Waals surface area contributed by atoms with E-state index in [0.29, 0.717) is 6.04 Å². The molecule has 0 spiro atoms. The average Bonchev–Trinajstić information content (AvgIpc) is 2.47. The first-order valence-corrected chi connectivity index (χ1v) is 6.77. The maximum Gasteiger partial charge on any atom is 0.167 e. The molecule has 1 aliphatic rings. The van der Waals surface area contributed by atoms with Crippen LogP contribution in [0.4, 0.5) is 15.8 Å². The van der Waals surface area contributed by atoms with Crippen LogP contribution in [0.25, 0.3) is 0 Å². The molecule has 0 aliphatic carbocycles. The van der Waals surface area contributed by atoms with E-state index in [9.17, 15) is 4.39 Å².